The molecule has 5 heteroatoms. The quantitative estimate of drug-likeness (QED) is 0.272. The molecular formula is C28H31N3OS. The second-order valence-corrected chi connectivity index (χ2v) is 10.0. The Morgan fingerprint density at radius 2 is 1.76 bits per heavy atom. The molecule has 0 spiro atoms. The highest BCUT2D eigenvalue weighted by molar-refractivity contribution is 7.09. The Hall–Kier alpha value is -3.05. The summed E-state index contributed by atoms with van der Waals surface area (Å²) in [6, 6.07) is 16.3. The van der Waals surface area contributed by atoms with Crippen molar-refractivity contribution in [2.75, 3.05) is 6.61 Å². The highest BCUT2D eigenvalue weighted by Gasteiger charge is 2.23. The van der Waals surface area contributed by atoms with Crippen LogP contribution in [-0.4, -0.2) is 21.6 Å². The highest BCUT2D eigenvalue weighted by Crippen LogP contribution is 2.32. The molecule has 0 aliphatic rings. The Morgan fingerprint density at radius 1 is 1.00 bits per heavy atom. The van der Waals surface area contributed by atoms with Crippen LogP contribution in [0, 0.1) is 0 Å². The van der Waals surface area contributed by atoms with Crippen molar-refractivity contribution < 1.29 is 4.74 Å². The Bertz CT molecular complexity index is 1270. The van der Waals surface area contributed by atoms with Crippen LogP contribution >= 0.6 is 11.3 Å². The zero-order chi connectivity index (χ0) is 23.4. The number of hydrogen-bond donors (Lipinski definition) is 0. The molecule has 4 rings (SSSR count). The smallest absolute Gasteiger partial charge is 0.241 e. The molecule has 0 fully saturated rings. The molecule has 2 aromatic carbocycles. The largest absolute Gasteiger partial charge is 0.476 e. The number of rotatable bonds is 8. The third-order valence-corrected chi connectivity index (χ3v) is 6.77. The van der Waals surface area contributed by atoms with E-state index in [1.165, 1.54) is 10.7 Å². The SMILES string of the molecule is CCOc1nc2ccccc2nc1-c1cccc(/C=C/CC(C)(C)c2csc(C(C)C)n2)c1. The minimum atomic E-state index is -0.0102. The lowest BCUT2D eigenvalue weighted by Gasteiger charge is -2.20. The van der Waals surface area contributed by atoms with E-state index in [-0.39, 0.29) is 5.41 Å². The maximum absolute atomic E-state index is 5.84. The number of fused-ring (bicyclic) bond motifs is 1. The molecule has 0 saturated carbocycles. The summed E-state index contributed by atoms with van der Waals surface area (Å²) in [5, 5.41) is 3.41. The molecule has 2 aromatic heterocycles. The second kappa shape index (κ2) is 9.84. The van der Waals surface area contributed by atoms with Crippen LogP contribution in [0.3, 0.4) is 0 Å². The number of para-hydroxylation sites is 2. The van der Waals surface area contributed by atoms with Gasteiger partial charge in [0.2, 0.25) is 5.88 Å². The van der Waals surface area contributed by atoms with Crippen molar-refractivity contribution in [1.82, 2.24) is 15.0 Å². The van der Waals surface area contributed by atoms with E-state index in [1.54, 1.807) is 11.3 Å². The van der Waals surface area contributed by atoms with E-state index in [0.717, 1.165) is 34.3 Å². The van der Waals surface area contributed by atoms with Crippen LogP contribution in [0.2, 0.25) is 0 Å². The zero-order valence-electron chi connectivity index (χ0n) is 20.0. The van der Waals surface area contributed by atoms with E-state index >= 15 is 0 Å². The Morgan fingerprint density at radius 3 is 2.45 bits per heavy atom. The summed E-state index contributed by atoms with van der Waals surface area (Å²) in [5.41, 5.74) is 5.76. The van der Waals surface area contributed by atoms with Gasteiger partial charge in [-0.05, 0) is 37.1 Å². The van der Waals surface area contributed by atoms with Gasteiger partial charge in [0.1, 0.15) is 5.69 Å². The third kappa shape index (κ3) is 5.31. The fourth-order valence-electron chi connectivity index (χ4n) is 3.66. The lowest BCUT2D eigenvalue weighted by Crippen LogP contribution is -2.16. The Balaban J connectivity index is 1.58. The predicted octanol–water partition coefficient (Wildman–Crippen LogP) is 7.66. The maximum Gasteiger partial charge on any atom is 0.241 e. The molecule has 0 amide bonds. The van der Waals surface area contributed by atoms with E-state index < -0.39 is 0 Å². The van der Waals surface area contributed by atoms with Gasteiger partial charge >= 0.3 is 0 Å². The molecular weight excluding hydrogens is 426 g/mol. The summed E-state index contributed by atoms with van der Waals surface area (Å²) in [7, 11) is 0. The van der Waals surface area contributed by atoms with Gasteiger partial charge < -0.3 is 4.74 Å². The van der Waals surface area contributed by atoms with Crippen molar-refractivity contribution in [3.05, 3.63) is 76.3 Å². The fraction of sp³-hybridized carbons (Fsp3) is 0.321. The van der Waals surface area contributed by atoms with Crippen molar-refractivity contribution in [3.63, 3.8) is 0 Å². The van der Waals surface area contributed by atoms with Crippen molar-refractivity contribution in [2.45, 2.75) is 52.4 Å². The van der Waals surface area contributed by atoms with Gasteiger partial charge in [0.25, 0.3) is 0 Å². The first kappa shape index (κ1) is 23.1. The molecule has 170 valence electrons. The molecule has 4 nitrogen and oxygen atoms in total. The third-order valence-electron chi connectivity index (χ3n) is 5.63. The van der Waals surface area contributed by atoms with E-state index in [0.29, 0.717) is 18.4 Å². The minimum Gasteiger partial charge on any atom is -0.476 e. The molecule has 0 bridgehead atoms. The van der Waals surface area contributed by atoms with Gasteiger partial charge in [-0.3, -0.25) is 0 Å². The van der Waals surface area contributed by atoms with Crippen LogP contribution in [0.15, 0.2) is 60.0 Å². The minimum absolute atomic E-state index is 0.0102. The average molecular weight is 458 g/mol. The summed E-state index contributed by atoms with van der Waals surface area (Å²) in [6.07, 6.45) is 5.33. The van der Waals surface area contributed by atoms with Gasteiger partial charge in [-0.25, -0.2) is 15.0 Å². The first-order valence-electron chi connectivity index (χ1n) is 11.5. The maximum atomic E-state index is 5.84. The standard InChI is InChI=1S/C28H31N3OS/c1-6-32-26-25(29-22-14-7-8-15-23(22)30-26)21-13-9-11-20(17-21)12-10-16-28(4,5)24-18-33-27(31-24)19(2)3/h7-15,17-19H,6,16H2,1-5H3/b12-10+. The molecule has 0 aliphatic heterocycles. The Labute approximate surface area is 200 Å². The van der Waals surface area contributed by atoms with Gasteiger partial charge in [0, 0.05) is 22.3 Å². The van der Waals surface area contributed by atoms with Crippen molar-refractivity contribution >= 4 is 28.4 Å². The average Bonchev–Trinajstić information content (AvgIpc) is 3.31. The first-order chi connectivity index (χ1) is 15.9. The summed E-state index contributed by atoms with van der Waals surface area (Å²) in [6.45, 7) is 11.4. The summed E-state index contributed by atoms with van der Waals surface area (Å²) in [4.78, 5) is 14.4. The molecule has 0 atom stereocenters. The predicted molar refractivity (Wildman–Crippen MR) is 139 cm³/mol. The molecule has 0 radical (unpaired) electrons. The second-order valence-electron chi connectivity index (χ2n) is 9.14. The van der Waals surface area contributed by atoms with Crippen molar-refractivity contribution in [2.24, 2.45) is 0 Å². The lowest BCUT2D eigenvalue weighted by molar-refractivity contribution is 0.328. The lowest BCUT2D eigenvalue weighted by atomic mass is 9.86. The van der Waals surface area contributed by atoms with Crippen LogP contribution in [-0.2, 0) is 5.41 Å². The van der Waals surface area contributed by atoms with Crippen molar-refractivity contribution in [3.8, 4) is 17.1 Å². The van der Waals surface area contributed by atoms with E-state index in [9.17, 15) is 0 Å². The van der Waals surface area contributed by atoms with Crippen LogP contribution in [0.1, 0.15) is 63.2 Å². The molecule has 0 unspecified atom stereocenters. The highest BCUT2D eigenvalue weighted by atomic mass is 32.1. The van der Waals surface area contributed by atoms with Gasteiger partial charge in [-0.1, -0.05) is 70.2 Å². The number of thiazole rings is 1. The molecule has 0 N–H and O–H groups in total. The molecule has 2 heterocycles. The van der Waals surface area contributed by atoms with Crippen LogP contribution in [0.25, 0.3) is 28.4 Å². The number of hydrogen-bond acceptors (Lipinski definition) is 5. The number of benzene rings is 2. The summed E-state index contributed by atoms with van der Waals surface area (Å²) in [5.74, 6) is 1.04. The van der Waals surface area contributed by atoms with E-state index in [1.807, 2.05) is 31.2 Å². The fourth-order valence-corrected chi connectivity index (χ4v) is 4.68. The normalized spacial score (nSPS) is 12.2. The van der Waals surface area contributed by atoms with E-state index in [2.05, 4.69) is 69.5 Å². The van der Waals surface area contributed by atoms with Gasteiger partial charge in [0.15, 0.2) is 0 Å². The van der Waals surface area contributed by atoms with Gasteiger partial charge in [0.05, 0.1) is 28.3 Å². The summed E-state index contributed by atoms with van der Waals surface area (Å²) >= 11 is 1.76. The number of nitrogens with zero attached hydrogens (tertiary/aromatic N) is 3. The molecule has 0 aliphatic carbocycles. The molecule has 33 heavy (non-hydrogen) atoms. The van der Waals surface area contributed by atoms with Gasteiger partial charge in [-0.2, -0.15) is 0 Å². The van der Waals surface area contributed by atoms with Crippen molar-refractivity contribution in [1.29, 1.82) is 0 Å². The van der Waals surface area contributed by atoms with E-state index in [4.69, 9.17) is 19.7 Å². The topological polar surface area (TPSA) is 47.9 Å². The first-order valence-corrected chi connectivity index (χ1v) is 12.4. The van der Waals surface area contributed by atoms with Gasteiger partial charge in [-0.15, -0.1) is 11.3 Å². The number of aromatic nitrogens is 3. The zero-order valence-corrected chi connectivity index (χ0v) is 20.8. The number of allylic oxidation sites excluding steroid dienone is 1. The molecule has 4 aromatic rings. The monoisotopic (exact) mass is 457 g/mol. The van der Waals surface area contributed by atoms with Crippen LogP contribution in [0.4, 0.5) is 0 Å². The summed E-state index contributed by atoms with van der Waals surface area (Å²) < 4.78 is 5.84. The van der Waals surface area contributed by atoms with Crippen LogP contribution in [0.5, 0.6) is 5.88 Å². The molecule has 0 saturated heterocycles. The number of ether oxygens (including phenoxy) is 1. The Kier molecular flexibility index (Phi) is 6.89. The van der Waals surface area contributed by atoms with Crippen LogP contribution < -0.4 is 4.74 Å².